The minimum absolute atomic E-state index is 0.455. The first-order valence-corrected chi connectivity index (χ1v) is 14.9. The average Bonchev–Trinajstić information content (AvgIpc) is 3.46. The summed E-state index contributed by atoms with van der Waals surface area (Å²) in [5.74, 6) is 0.563. The second kappa shape index (κ2) is 11.1. The fourth-order valence-electron chi connectivity index (χ4n) is 6.22. The largest absolute Gasteiger partial charge is 0.309 e. The number of fused-ring (bicyclic) bond motifs is 3. The van der Waals surface area contributed by atoms with E-state index in [-0.39, 0.29) is 0 Å². The van der Waals surface area contributed by atoms with Gasteiger partial charge >= 0.3 is 0 Å². The molecule has 0 radical (unpaired) electrons. The Morgan fingerprint density at radius 1 is 0.467 bits per heavy atom. The minimum atomic E-state index is 0.455. The summed E-state index contributed by atoms with van der Waals surface area (Å²) in [5.41, 5.74) is 9.67. The topological polar surface area (TPSA) is 54.5 Å². The van der Waals surface area contributed by atoms with Crippen molar-refractivity contribution in [2.75, 3.05) is 0 Å². The molecule has 0 aliphatic rings. The van der Waals surface area contributed by atoms with E-state index in [0.717, 1.165) is 44.5 Å². The van der Waals surface area contributed by atoms with E-state index in [1.54, 1.807) is 0 Å². The molecule has 4 heteroatoms. The highest BCUT2D eigenvalue weighted by Crippen LogP contribution is 2.39. The molecule has 0 saturated heterocycles. The standard InChI is InChI=1S/C41H26N4/c42-27-36-39(29-16-6-2-7-17-29)43-41(44-40(36)30-18-8-3-9-19-30)35-26-31(24-25-32(35)28-14-4-1-5-15-28)45-37-22-12-10-20-33(37)34-21-11-13-23-38(34)45/h1-26H. The number of hydrogen-bond acceptors (Lipinski definition) is 3. The van der Waals surface area contributed by atoms with E-state index in [9.17, 15) is 5.26 Å². The maximum Gasteiger partial charge on any atom is 0.161 e. The van der Waals surface area contributed by atoms with Crippen molar-refractivity contribution in [3.05, 3.63) is 163 Å². The first-order chi connectivity index (χ1) is 22.3. The molecule has 6 aromatic carbocycles. The van der Waals surface area contributed by atoms with Gasteiger partial charge in [-0.2, -0.15) is 5.26 Å². The van der Waals surface area contributed by atoms with Crippen LogP contribution in [-0.2, 0) is 0 Å². The van der Waals surface area contributed by atoms with Crippen molar-refractivity contribution < 1.29 is 0 Å². The summed E-state index contributed by atoms with van der Waals surface area (Å²) in [6, 6.07) is 56.1. The molecule has 210 valence electrons. The highest BCUT2D eigenvalue weighted by molar-refractivity contribution is 6.09. The molecule has 0 saturated carbocycles. The van der Waals surface area contributed by atoms with Crippen LogP contribution in [0.15, 0.2) is 158 Å². The third-order valence-electron chi connectivity index (χ3n) is 8.28. The first kappa shape index (κ1) is 26.3. The molecule has 4 nitrogen and oxygen atoms in total. The molecule has 0 bridgehead atoms. The van der Waals surface area contributed by atoms with Gasteiger partial charge in [-0.05, 0) is 35.4 Å². The van der Waals surface area contributed by atoms with Crippen LogP contribution in [0.2, 0.25) is 0 Å². The van der Waals surface area contributed by atoms with Crippen LogP contribution < -0.4 is 0 Å². The Bertz CT molecular complexity index is 2250. The molecule has 0 aliphatic carbocycles. The summed E-state index contributed by atoms with van der Waals surface area (Å²) in [6.07, 6.45) is 0. The molecule has 2 heterocycles. The fraction of sp³-hybridized carbons (Fsp3) is 0. The zero-order valence-electron chi connectivity index (χ0n) is 24.3. The van der Waals surface area contributed by atoms with E-state index in [2.05, 4.69) is 89.5 Å². The second-order valence-corrected chi connectivity index (χ2v) is 10.9. The quantitative estimate of drug-likeness (QED) is 0.205. The summed E-state index contributed by atoms with van der Waals surface area (Å²) in [6.45, 7) is 0. The fourth-order valence-corrected chi connectivity index (χ4v) is 6.22. The van der Waals surface area contributed by atoms with Crippen molar-refractivity contribution in [1.82, 2.24) is 14.5 Å². The predicted molar refractivity (Wildman–Crippen MR) is 183 cm³/mol. The van der Waals surface area contributed by atoms with Gasteiger partial charge in [-0.3, -0.25) is 0 Å². The van der Waals surface area contributed by atoms with Crippen LogP contribution in [0.5, 0.6) is 0 Å². The van der Waals surface area contributed by atoms with Gasteiger partial charge in [0.05, 0.1) is 22.4 Å². The average molecular weight is 575 g/mol. The van der Waals surface area contributed by atoms with Gasteiger partial charge in [-0.1, -0.05) is 133 Å². The Kier molecular flexibility index (Phi) is 6.48. The summed E-state index contributed by atoms with van der Waals surface area (Å²) >= 11 is 0. The Hall–Kier alpha value is -6.31. The van der Waals surface area contributed by atoms with Gasteiger partial charge in [0.15, 0.2) is 5.82 Å². The molecule has 2 aromatic heterocycles. The van der Waals surface area contributed by atoms with Crippen LogP contribution in [0.3, 0.4) is 0 Å². The number of para-hydroxylation sites is 2. The zero-order valence-corrected chi connectivity index (χ0v) is 24.3. The highest BCUT2D eigenvalue weighted by Gasteiger charge is 2.21. The molecule has 45 heavy (non-hydrogen) atoms. The summed E-state index contributed by atoms with van der Waals surface area (Å²) in [5, 5.41) is 12.9. The van der Waals surface area contributed by atoms with E-state index in [1.165, 1.54) is 10.8 Å². The van der Waals surface area contributed by atoms with Crippen molar-refractivity contribution in [3.63, 3.8) is 0 Å². The van der Waals surface area contributed by atoms with Crippen molar-refractivity contribution in [2.45, 2.75) is 0 Å². The van der Waals surface area contributed by atoms with Crippen LogP contribution in [0, 0.1) is 11.3 Å². The molecule has 8 rings (SSSR count). The third kappa shape index (κ3) is 4.55. The Labute approximate surface area is 261 Å². The lowest BCUT2D eigenvalue weighted by atomic mass is 9.96. The Balaban J connectivity index is 1.46. The normalized spacial score (nSPS) is 11.1. The number of aromatic nitrogens is 3. The van der Waals surface area contributed by atoms with E-state index in [4.69, 9.17) is 9.97 Å². The lowest BCUT2D eigenvalue weighted by Crippen LogP contribution is -2.03. The number of benzene rings is 6. The van der Waals surface area contributed by atoms with Gasteiger partial charge in [0, 0.05) is 33.2 Å². The van der Waals surface area contributed by atoms with Crippen LogP contribution in [0.4, 0.5) is 0 Å². The SMILES string of the molecule is N#Cc1c(-c2ccccc2)nc(-c2cc(-n3c4ccccc4c4ccccc43)ccc2-c2ccccc2)nc1-c1ccccc1. The molecule has 0 atom stereocenters. The number of hydrogen-bond donors (Lipinski definition) is 0. The van der Waals surface area contributed by atoms with Crippen LogP contribution >= 0.6 is 0 Å². The molecule has 0 N–H and O–H groups in total. The maximum atomic E-state index is 10.5. The third-order valence-corrected chi connectivity index (χ3v) is 8.28. The van der Waals surface area contributed by atoms with E-state index in [0.29, 0.717) is 22.8 Å². The van der Waals surface area contributed by atoms with E-state index in [1.807, 2.05) is 78.9 Å². The van der Waals surface area contributed by atoms with E-state index < -0.39 is 0 Å². The molecular weight excluding hydrogens is 548 g/mol. The van der Waals surface area contributed by atoms with Gasteiger partial charge in [-0.15, -0.1) is 0 Å². The zero-order chi connectivity index (χ0) is 30.2. The summed E-state index contributed by atoms with van der Waals surface area (Å²) < 4.78 is 2.31. The predicted octanol–water partition coefficient (Wildman–Crippen LogP) is 10.1. The van der Waals surface area contributed by atoms with Crippen molar-refractivity contribution in [1.29, 1.82) is 5.26 Å². The Morgan fingerprint density at radius 3 is 1.44 bits per heavy atom. The van der Waals surface area contributed by atoms with Gasteiger partial charge in [0.2, 0.25) is 0 Å². The van der Waals surface area contributed by atoms with Gasteiger partial charge in [0.25, 0.3) is 0 Å². The summed E-state index contributed by atoms with van der Waals surface area (Å²) in [7, 11) is 0. The number of rotatable bonds is 5. The van der Waals surface area contributed by atoms with Crippen LogP contribution in [0.1, 0.15) is 5.56 Å². The van der Waals surface area contributed by atoms with Crippen molar-refractivity contribution in [2.24, 2.45) is 0 Å². The van der Waals surface area contributed by atoms with Crippen molar-refractivity contribution >= 4 is 21.8 Å². The lowest BCUT2D eigenvalue weighted by molar-refractivity contribution is 1.15. The van der Waals surface area contributed by atoms with Gasteiger partial charge in [-0.25, -0.2) is 9.97 Å². The minimum Gasteiger partial charge on any atom is -0.309 e. The van der Waals surface area contributed by atoms with Crippen LogP contribution in [-0.4, -0.2) is 14.5 Å². The van der Waals surface area contributed by atoms with Gasteiger partial charge in [0.1, 0.15) is 11.6 Å². The summed E-state index contributed by atoms with van der Waals surface area (Å²) in [4.78, 5) is 10.3. The molecule has 0 unspecified atom stereocenters. The van der Waals surface area contributed by atoms with Gasteiger partial charge < -0.3 is 4.57 Å². The second-order valence-electron chi connectivity index (χ2n) is 10.9. The molecule has 0 aliphatic heterocycles. The smallest absolute Gasteiger partial charge is 0.161 e. The Morgan fingerprint density at radius 2 is 0.933 bits per heavy atom. The van der Waals surface area contributed by atoms with Crippen LogP contribution in [0.25, 0.3) is 72.5 Å². The highest BCUT2D eigenvalue weighted by atomic mass is 15.0. The molecule has 0 amide bonds. The maximum absolute atomic E-state index is 10.5. The molecular formula is C41H26N4. The number of nitrogens with zero attached hydrogens (tertiary/aromatic N) is 4. The number of nitriles is 1. The van der Waals surface area contributed by atoms with Crippen molar-refractivity contribution in [3.8, 4) is 56.8 Å². The van der Waals surface area contributed by atoms with E-state index >= 15 is 0 Å². The molecule has 8 aromatic rings. The lowest BCUT2D eigenvalue weighted by Gasteiger charge is -2.17. The first-order valence-electron chi connectivity index (χ1n) is 14.9. The monoisotopic (exact) mass is 574 g/mol. The molecule has 0 spiro atoms. The molecule has 0 fully saturated rings.